The van der Waals surface area contributed by atoms with Crippen LogP contribution in [0.15, 0.2) is 52.2 Å². The van der Waals surface area contributed by atoms with Crippen molar-refractivity contribution in [2.45, 2.75) is 18.7 Å². The van der Waals surface area contributed by atoms with Gasteiger partial charge >= 0.3 is 5.69 Å². The number of aryl methyl sites for hydroxylation is 2. The molecule has 0 fully saturated rings. The highest BCUT2D eigenvalue weighted by Crippen LogP contribution is 2.23. The Morgan fingerprint density at radius 2 is 1.73 bits per heavy atom. The van der Waals surface area contributed by atoms with Gasteiger partial charge in [-0.3, -0.25) is 14.8 Å². The number of amides is 1. The van der Waals surface area contributed by atoms with E-state index in [1.165, 1.54) is 53.8 Å². The van der Waals surface area contributed by atoms with Gasteiger partial charge in [-0.2, -0.15) is 0 Å². The minimum atomic E-state index is -3.87. The summed E-state index contributed by atoms with van der Waals surface area (Å²) in [7, 11) is -3.87. The van der Waals surface area contributed by atoms with Crippen molar-refractivity contribution in [2.24, 2.45) is 0 Å². The summed E-state index contributed by atoms with van der Waals surface area (Å²) >= 11 is 1.39. The number of fused-ring (bicyclic) bond motifs is 1. The van der Waals surface area contributed by atoms with E-state index in [2.05, 4.69) is 25.0 Å². The first kappa shape index (κ1) is 19.9. The number of aromatic nitrogens is 3. The lowest BCUT2D eigenvalue weighted by Crippen LogP contribution is -2.14. The summed E-state index contributed by atoms with van der Waals surface area (Å²) in [5.41, 5.74) is 2.03. The van der Waals surface area contributed by atoms with Gasteiger partial charge in [0.25, 0.3) is 15.9 Å². The van der Waals surface area contributed by atoms with Gasteiger partial charge < -0.3 is 9.97 Å². The molecule has 2 aromatic heterocycles. The van der Waals surface area contributed by atoms with Crippen LogP contribution in [0.25, 0.3) is 11.0 Å². The summed E-state index contributed by atoms with van der Waals surface area (Å²) in [5, 5.41) is 3.24. The number of sulfonamides is 1. The predicted octanol–water partition coefficient (Wildman–Crippen LogP) is 2.98. The van der Waals surface area contributed by atoms with Crippen LogP contribution in [0.4, 0.5) is 10.8 Å². The third-order valence-electron chi connectivity index (χ3n) is 4.45. The number of carbonyl (C=O) groups excluding carboxylic acids is 1. The molecule has 0 radical (unpaired) electrons. The number of anilines is 2. The molecule has 0 spiro atoms. The number of carbonyl (C=O) groups is 1. The van der Waals surface area contributed by atoms with Crippen molar-refractivity contribution in [2.75, 3.05) is 10.0 Å². The van der Waals surface area contributed by atoms with E-state index < -0.39 is 15.7 Å². The summed E-state index contributed by atoms with van der Waals surface area (Å²) < 4.78 is 27.8. The predicted molar refractivity (Wildman–Crippen MR) is 116 cm³/mol. The summed E-state index contributed by atoms with van der Waals surface area (Å²) in [6.45, 7) is 3.79. The molecule has 2 aromatic carbocycles. The zero-order valence-corrected chi connectivity index (χ0v) is 17.6. The molecule has 0 saturated carbocycles. The number of thiazole rings is 1. The van der Waals surface area contributed by atoms with Crippen molar-refractivity contribution in [1.29, 1.82) is 0 Å². The summed E-state index contributed by atoms with van der Waals surface area (Å²) in [4.78, 5) is 34.1. The van der Waals surface area contributed by atoms with Gasteiger partial charge in [0.1, 0.15) is 0 Å². The maximum absolute atomic E-state index is 12.6. The molecule has 0 bridgehead atoms. The van der Waals surface area contributed by atoms with Crippen LogP contribution in [-0.2, 0) is 10.0 Å². The van der Waals surface area contributed by atoms with Gasteiger partial charge in [0.2, 0.25) is 0 Å². The lowest BCUT2D eigenvalue weighted by molar-refractivity contribution is 0.102. The zero-order valence-electron chi connectivity index (χ0n) is 15.9. The van der Waals surface area contributed by atoms with Gasteiger partial charge in [0.05, 0.1) is 21.6 Å². The number of H-pyrrole nitrogens is 2. The molecular formula is C19H17N5O4S2. The van der Waals surface area contributed by atoms with E-state index in [4.69, 9.17) is 0 Å². The third-order valence-corrected chi connectivity index (χ3v) is 6.81. The zero-order chi connectivity index (χ0) is 21.5. The first-order valence-electron chi connectivity index (χ1n) is 8.81. The van der Waals surface area contributed by atoms with Gasteiger partial charge in [0.15, 0.2) is 5.13 Å². The first-order chi connectivity index (χ1) is 14.2. The van der Waals surface area contributed by atoms with Crippen LogP contribution in [-0.4, -0.2) is 29.3 Å². The molecule has 11 heteroatoms. The van der Waals surface area contributed by atoms with E-state index in [-0.39, 0.29) is 10.8 Å². The molecule has 9 nitrogen and oxygen atoms in total. The molecule has 4 aromatic rings. The molecule has 4 rings (SSSR count). The number of hydrogen-bond donors (Lipinski definition) is 4. The molecule has 0 atom stereocenters. The Labute approximate surface area is 175 Å². The van der Waals surface area contributed by atoms with Gasteiger partial charge in [0, 0.05) is 16.1 Å². The fourth-order valence-electron chi connectivity index (χ4n) is 2.78. The number of benzene rings is 2. The monoisotopic (exact) mass is 443 g/mol. The average molecular weight is 444 g/mol. The summed E-state index contributed by atoms with van der Waals surface area (Å²) in [5.74, 6) is -0.333. The van der Waals surface area contributed by atoms with Crippen molar-refractivity contribution in [3.05, 3.63) is 69.1 Å². The molecule has 0 saturated heterocycles. The Bertz CT molecular complexity index is 1400. The molecule has 0 aliphatic carbocycles. The summed E-state index contributed by atoms with van der Waals surface area (Å²) in [6, 6.07) is 10.3. The maximum atomic E-state index is 12.6. The molecule has 0 unspecified atom stereocenters. The second-order valence-electron chi connectivity index (χ2n) is 6.58. The first-order valence-corrected chi connectivity index (χ1v) is 11.1. The number of rotatable bonds is 5. The van der Waals surface area contributed by atoms with Crippen LogP contribution in [0.2, 0.25) is 0 Å². The maximum Gasteiger partial charge on any atom is 0.323 e. The van der Waals surface area contributed by atoms with Crippen LogP contribution in [0.3, 0.4) is 0 Å². The average Bonchev–Trinajstić information content (AvgIpc) is 3.21. The highest BCUT2D eigenvalue weighted by atomic mass is 32.2. The quantitative estimate of drug-likeness (QED) is 0.376. The van der Waals surface area contributed by atoms with Crippen LogP contribution >= 0.6 is 11.3 Å². The Balaban J connectivity index is 1.50. The van der Waals surface area contributed by atoms with E-state index in [1.54, 1.807) is 0 Å². The fraction of sp³-hybridized carbons (Fsp3) is 0.105. The van der Waals surface area contributed by atoms with Crippen molar-refractivity contribution in [3.63, 3.8) is 0 Å². The Morgan fingerprint density at radius 1 is 1.03 bits per heavy atom. The molecule has 1 amide bonds. The standard InChI is InChI=1S/C19H17N5O4S2/c1-10-11(2)29-19(20-10)23-17(25)12-3-5-13(6-4-12)24-30(27,28)14-7-8-15-16(9-14)22-18(26)21-15/h3-9,24H,1-2H3,(H,20,23,25)(H2,21,22,26). The SMILES string of the molecule is Cc1nc(NC(=O)c2ccc(NS(=O)(=O)c3ccc4[nH]c(=O)[nH]c4c3)cc2)sc1C. The molecular weight excluding hydrogens is 426 g/mol. The molecule has 154 valence electrons. The van der Waals surface area contributed by atoms with Crippen LogP contribution in [0.5, 0.6) is 0 Å². The Kier molecular flexibility index (Phi) is 4.92. The van der Waals surface area contributed by atoms with E-state index in [0.717, 1.165) is 10.6 Å². The fourth-order valence-corrected chi connectivity index (χ4v) is 4.67. The van der Waals surface area contributed by atoms with Crippen LogP contribution in [0.1, 0.15) is 20.9 Å². The second-order valence-corrected chi connectivity index (χ2v) is 9.47. The molecule has 2 heterocycles. The van der Waals surface area contributed by atoms with E-state index in [0.29, 0.717) is 27.4 Å². The highest BCUT2D eigenvalue weighted by Gasteiger charge is 2.16. The Morgan fingerprint density at radius 3 is 2.40 bits per heavy atom. The van der Waals surface area contributed by atoms with E-state index >= 15 is 0 Å². The van der Waals surface area contributed by atoms with Crippen LogP contribution < -0.4 is 15.7 Å². The highest BCUT2D eigenvalue weighted by molar-refractivity contribution is 7.92. The number of aromatic amines is 2. The molecule has 4 N–H and O–H groups in total. The number of nitrogens with zero attached hydrogens (tertiary/aromatic N) is 1. The lowest BCUT2D eigenvalue weighted by Gasteiger charge is -2.09. The Hall–Kier alpha value is -3.44. The summed E-state index contributed by atoms with van der Waals surface area (Å²) in [6.07, 6.45) is 0. The minimum Gasteiger partial charge on any atom is -0.306 e. The van der Waals surface area contributed by atoms with Gasteiger partial charge in [-0.1, -0.05) is 0 Å². The number of nitrogens with one attached hydrogen (secondary N) is 4. The number of hydrogen-bond acceptors (Lipinski definition) is 6. The largest absolute Gasteiger partial charge is 0.323 e. The molecule has 30 heavy (non-hydrogen) atoms. The number of imidazole rings is 1. The molecule has 0 aliphatic heterocycles. The van der Waals surface area contributed by atoms with Crippen molar-refractivity contribution in [1.82, 2.24) is 15.0 Å². The van der Waals surface area contributed by atoms with Crippen molar-refractivity contribution >= 4 is 49.1 Å². The molecule has 0 aliphatic rings. The van der Waals surface area contributed by atoms with Crippen LogP contribution in [0, 0.1) is 13.8 Å². The van der Waals surface area contributed by atoms with E-state index in [9.17, 15) is 18.0 Å². The minimum absolute atomic E-state index is 0.00146. The van der Waals surface area contributed by atoms with E-state index in [1.807, 2.05) is 13.8 Å². The lowest BCUT2D eigenvalue weighted by atomic mass is 10.2. The van der Waals surface area contributed by atoms with Gasteiger partial charge in [-0.15, -0.1) is 11.3 Å². The van der Waals surface area contributed by atoms with Crippen molar-refractivity contribution < 1.29 is 13.2 Å². The second kappa shape index (κ2) is 7.43. The normalized spacial score (nSPS) is 11.5. The topological polar surface area (TPSA) is 137 Å². The van der Waals surface area contributed by atoms with Gasteiger partial charge in [-0.25, -0.2) is 18.2 Å². The van der Waals surface area contributed by atoms with Crippen molar-refractivity contribution in [3.8, 4) is 0 Å². The third kappa shape index (κ3) is 3.98. The van der Waals surface area contributed by atoms with Gasteiger partial charge in [-0.05, 0) is 56.3 Å². The smallest absolute Gasteiger partial charge is 0.306 e.